The number of hydrogen-bond acceptors (Lipinski definition) is 8. The molecule has 9 heteroatoms. The van der Waals surface area contributed by atoms with Gasteiger partial charge in [0.15, 0.2) is 11.4 Å². The number of aliphatic hydroxyl groups is 1. The zero-order chi connectivity index (χ0) is 20.2. The smallest absolute Gasteiger partial charge is 0.234 e. The van der Waals surface area contributed by atoms with Crippen LogP contribution >= 0.6 is 0 Å². The van der Waals surface area contributed by atoms with Crippen LogP contribution in [0.15, 0.2) is 42.9 Å². The van der Waals surface area contributed by atoms with E-state index in [2.05, 4.69) is 15.1 Å². The van der Waals surface area contributed by atoms with E-state index in [1.807, 2.05) is 56.1 Å². The van der Waals surface area contributed by atoms with Gasteiger partial charge in [-0.15, -0.1) is 0 Å². The maximum Gasteiger partial charge on any atom is 0.234 e. The number of aliphatic hydroxyl groups excluding tert-OH is 1. The first-order chi connectivity index (χ1) is 14.0. The van der Waals surface area contributed by atoms with Crippen molar-refractivity contribution in [1.82, 2.24) is 19.6 Å². The Morgan fingerprint density at radius 2 is 1.90 bits per heavy atom. The summed E-state index contributed by atoms with van der Waals surface area (Å²) in [5, 5.41) is 14.3. The lowest BCUT2D eigenvalue weighted by Gasteiger charge is -2.23. The number of rotatable bonds is 4. The normalized spacial score (nSPS) is 28.0. The highest BCUT2D eigenvalue weighted by Gasteiger charge is 2.56. The van der Waals surface area contributed by atoms with E-state index < -0.39 is 18.0 Å². The first kappa shape index (κ1) is 18.4. The summed E-state index contributed by atoms with van der Waals surface area (Å²) in [7, 11) is 1.93. The molecule has 3 aromatic rings. The summed E-state index contributed by atoms with van der Waals surface area (Å²) in [6, 6.07) is 9.91. The third kappa shape index (κ3) is 2.98. The Kier molecular flexibility index (Phi) is 4.28. The third-order valence-electron chi connectivity index (χ3n) is 5.39. The Morgan fingerprint density at radius 3 is 2.66 bits per heavy atom. The SMILES string of the molecule is CN(c1ccccc1)c1ncnc2c([C@@H]3O[C@H](CO)[C@H]4OC(C)(C)O[C@H]43)cnn12. The quantitative estimate of drug-likeness (QED) is 0.713. The number of benzene rings is 1. The summed E-state index contributed by atoms with van der Waals surface area (Å²) in [4.78, 5) is 10.8. The predicted molar refractivity (Wildman–Crippen MR) is 104 cm³/mol. The number of anilines is 2. The fraction of sp³-hybridized carbons (Fsp3) is 0.450. The van der Waals surface area contributed by atoms with Gasteiger partial charge < -0.3 is 24.2 Å². The fourth-order valence-electron chi connectivity index (χ4n) is 4.10. The van der Waals surface area contributed by atoms with Gasteiger partial charge in [-0.1, -0.05) is 18.2 Å². The first-order valence-corrected chi connectivity index (χ1v) is 9.58. The van der Waals surface area contributed by atoms with E-state index in [1.54, 1.807) is 10.7 Å². The second-order valence-electron chi connectivity index (χ2n) is 7.75. The third-order valence-corrected chi connectivity index (χ3v) is 5.39. The molecule has 0 spiro atoms. The predicted octanol–water partition coefficient (Wildman–Crippen LogP) is 1.84. The van der Waals surface area contributed by atoms with Crippen molar-refractivity contribution < 1.29 is 19.3 Å². The average Bonchev–Trinajstić information content (AvgIpc) is 3.38. The molecule has 29 heavy (non-hydrogen) atoms. The Morgan fingerprint density at radius 1 is 1.14 bits per heavy atom. The lowest BCUT2D eigenvalue weighted by molar-refractivity contribution is -0.190. The second kappa shape index (κ2) is 6.74. The number of hydrogen-bond donors (Lipinski definition) is 1. The van der Waals surface area contributed by atoms with Gasteiger partial charge in [-0.25, -0.2) is 9.97 Å². The van der Waals surface area contributed by atoms with Gasteiger partial charge >= 0.3 is 0 Å². The second-order valence-corrected chi connectivity index (χ2v) is 7.75. The molecule has 9 nitrogen and oxygen atoms in total. The number of fused-ring (bicyclic) bond motifs is 2. The van der Waals surface area contributed by atoms with Crippen molar-refractivity contribution in [3.8, 4) is 0 Å². The highest BCUT2D eigenvalue weighted by atomic mass is 16.8. The van der Waals surface area contributed by atoms with Gasteiger partial charge in [0.05, 0.1) is 12.8 Å². The van der Waals surface area contributed by atoms with E-state index in [4.69, 9.17) is 14.2 Å². The monoisotopic (exact) mass is 397 g/mol. The molecule has 4 heterocycles. The van der Waals surface area contributed by atoms with Crippen LogP contribution in [0.25, 0.3) is 5.65 Å². The molecule has 2 aliphatic heterocycles. The van der Waals surface area contributed by atoms with Crippen molar-refractivity contribution in [2.24, 2.45) is 0 Å². The van der Waals surface area contributed by atoms with E-state index in [-0.39, 0.29) is 18.8 Å². The Hall–Kier alpha value is -2.59. The highest BCUT2D eigenvalue weighted by molar-refractivity contribution is 5.60. The minimum atomic E-state index is -0.735. The van der Waals surface area contributed by atoms with Crippen LogP contribution in [0.1, 0.15) is 25.5 Å². The molecule has 4 atom stereocenters. The van der Waals surface area contributed by atoms with Crippen molar-refractivity contribution in [3.05, 3.63) is 48.4 Å². The Labute approximate surface area is 167 Å². The molecule has 0 radical (unpaired) electrons. The Bertz CT molecular complexity index is 1020. The molecule has 0 aliphatic carbocycles. The zero-order valence-electron chi connectivity index (χ0n) is 16.5. The first-order valence-electron chi connectivity index (χ1n) is 9.58. The maximum absolute atomic E-state index is 9.74. The molecule has 5 rings (SSSR count). The molecule has 1 N–H and O–H groups in total. The average molecular weight is 397 g/mol. The summed E-state index contributed by atoms with van der Waals surface area (Å²) < 4.78 is 19.8. The number of para-hydroxylation sites is 1. The van der Waals surface area contributed by atoms with Crippen LogP contribution in [-0.4, -0.2) is 62.4 Å². The lowest BCUT2D eigenvalue weighted by atomic mass is 10.0. The molecule has 0 saturated carbocycles. The largest absolute Gasteiger partial charge is 0.394 e. The van der Waals surface area contributed by atoms with Crippen LogP contribution in [0.3, 0.4) is 0 Å². The number of nitrogens with zero attached hydrogens (tertiary/aromatic N) is 5. The minimum absolute atomic E-state index is 0.146. The molecule has 0 amide bonds. The Balaban J connectivity index is 1.54. The summed E-state index contributed by atoms with van der Waals surface area (Å²) in [6.07, 6.45) is 1.64. The zero-order valence-corrected chi connectivity index (χ0v) is 16.5. The van der Waals surface area contributed by atoms with Crippen LogP contribution in [0.2, 0.25) is 0 Å². The standard InChI is InChI=1S/C20H23N5O4/c1-20(2)28-16-14(10-26)27-15(17(16)29-20)13-9-23-25-18(13)21-11-22-19(25)24(3)12-7-5-4-6-8-12/h4-9,11,14-17,26H,10H2,1-3H3/t14-,15+,16-,17+/m1/s1. The highest BCUT2D eigenvalue weighted by Crippen LogP contribution is 2.45. The van der Waals surface area contributed by atoms with Gasteiger partial charge in [-0.3, -0.25) is 0 Å². The van der Waals surface area contributed by atoms with Crippen molar-refractivity contribution >= 4 is 17.3 Å². The minimum Gasteiger partial charge on any atom is -0.394 e. The van der Waals surface area contributed by atoms with Gasteiger partial charge in [-0.2, -0.15) is 9.61 Å². The topological polar surface area (TPSA) is 94.2 Å². The molecule has 2 aliphatic rings. The maximum atomic E-state index is 9.74. The number of aromatic nitrogens is 4. The molecule has 2 saturated heterocycles. The van der Waals surface area contributed by atoms with Crippen molar-refractivity contribution in [2.75, 3.05) is 18.6 Å². The van der Waals surface area contributed by atoms with Crippen LogP contribution in [0.4, 0.5) is 11.6 Å². The van der Waals surface area contributed by atoms with Crippen molar-refractivity contribution in [2.45, 2.75) is 44.1 Å². The summed E-state index contributed by atoms with van der Waals surface area (Å²) in [6.45, 7) is 3.58. The van der Waals surface area contributed by atoms with Crippen molar-refractivity contribution in [3.63, 3.8) is 0 Å². The van der Waals surface area contributed by atoms with Gasteiger partial charge in [0.1, 0.15) is 30.7 Å². The van der Waals surface area contributed by atoms with E-state index in [0.29, 0.717) is 11.6 Å². The van der Waals surface area contributed by atoms with E-state index in [9.17, 15) is 5.11 Å². The lowest BCUT2D eigenvalue weighted by Crippen LogP contribution is -2.31. The number of ether oxygens (including phenoxy) is 3. The summed E-state index contributed by atoms with van der Waals surface area (Å²) in [5.74, 6) is -0.105. The van der Waals surface area contributed by atoms with Crippen LogP contribution < -0.4 is 4.90 Å². The van der Waals surface area contributed by atoms with Gasteiger partial charge in [0.25, 0.3) is 0 Å². The van der Waals surface area contributed by atoms with Crippen LogP contribution in [0.5, 0.6) is 0 Å². The molecule has 0 bridgehead atoms. The molecule has 2 fully saturated rings. The van der Waals surface area contributed by atoms with E-state index in [0.717, 1.165) is 11.3 Å². The van der Waals surface area contributed by atoms with E-state index in [1.165, 1.54) is 6.33 Å². The fourth-order valence-corrected chi connectivity index (χ4v) is 4.10. The molecule has 152 valence electrons. The summed E-state index contributed by atoms with van der Waals surface area (Å²) >= 11 is 0. The molecule has 1 aromatic carbocycles. The molecular formula is C20H23N5O4. The van der Waals surface area contributed by atoms with Gasteiger partial charge in [0, 0.05) is 18.3 Å². The summed E-state index contributed by atoms with van der Waals surface area (Å²) in [5.41, 5.74) is 2.40. The van der Waals surface area contributed by atoms with Crippen LogP contribution in [0, 0.1) is 0 Å². The molecule has 2 aromatic heterocycles. The van der Waals surface area contributed by atoms with Crippen molar-refractivity contribution in [1.29, 1.82) is 0 Å². The van der Waals surface area contributed by atoms with Gasteiger partial charge in [-0.05, 0) is 26.0 Å². The van der Waals surface area contributed by atoms with Gasteiger partial charge in [0.2, 0.25) is 5.95 Å². The molecule has 0 unspecified atom stereocenters. The van der Waals surface area contributed by atoms with E-state index >= 15 is 0 Å². The van der Waals surface area contributed by atoms with Crippen LogP contribution in [-0.2, 0) is 14.2 Å². The molecular weight excluding hydrogens is 374 g/mol.